The van der Waals surface area contributed by atoms with Crippen LogP contribution in [0.4, 0.5) is 0 Å². The number of ether oxygens (including phenoxy) is 1. The van der Waals surface area contributed by atoms with Gasteiger partial charge >= 0.3 is 0 Å². The molecule has 7 heteroatoms. The van der Waals surface area contributed by atoms with Crippen molar-refractivity contribution in [3.05, 3.63) is 83.3 Å². The molecule has 0 aliphatic heterocycles. The first kappa shape index (κ1) is 19.6. The second kappa shape index (κ2) is 8.32. The summed E-state index contributed by atoms with van der Waals surface area (Å²) in [5, 5.41) is 8.28. The molecule has 0 spiro atoms. The van der Waals surface area contributed by atoms with Crippen molar-refractivity contribution in [3.63, 3.8) is 0 Å². The quantitative estimate of drug-likeness (QED) is 0.536. The van der Waals surface area contributed by atoms with Crippen molar-refractivity contribution < 1.29 is 9.53 Å². The maximum atomic E-state index is 12.8. The predicted octanol–water partition coefficient (Wildman–Crippen LogP) is 3.26. The molecule has 1 amide bonds. The molecule has 0 saturated carbocycles. The first-order chi connectivity index (χ1) is 14.5. The normalized spacial score (nSPS) is 12.0. The number of nitrogens with zero attached hydrogens (tertiary/aromatic N) is 4. The Balaban J connectivity index is 1.53. The zero-order valence-corrected chi connectivity index (χ0v) is 17.2. The van der Waals surface area contributed by atoms with Gasteiger partial charge in [-0.2, -0.15) is 0 Å². The molecule has 152 valence electrons. The summed E-state index contributed by atoms with van der Waals surface area (Å²) >= 11 is 0. The molecule has 4 aromatic rings. The molecule has 0 aliphatic rings. The number of benzene rings is 1. The molecular weight excluding hydrogens is 378 g/mol. The van der Waals surface area contributed by atoms with Gasteiger partial charge in [-0.15, -0.1) is 5.10 Å². The summed E-state index contributed by atoms with van der Waals surface area (Å²) in [6.07, 6.45) is 3.43. The summed E-state index contributed by atoms with van der Waals surface area (Å²) in [4.78, 5) is 21.3. The zero-order chi connectivity index (χ0) is 21.1. The highest BCUT2D eigenvalue weighted by atomic mass is 16.5. The summed E-state index contributed by atoms with van der Waals surface area (Å²) in [6.45, 7) is 3.78. The fourth-order valence-corrected chi connectivity index (χ4v) is 3.55. The van der Waals surface area contributed by atoms with Gasteiger partial charge in [0.1, 0.15) is 0 Å². The Labute approximate surface area is 174 Å². The molecule has 1 unspecified atom stereocenters. The third-order valence-electron chi connectivity index (χ3n) is 4.90. The van der Waals surface area contributed by atoms with E-state index in [1.807, 2.05) is 69.4 Å². The van der Waals surface area contributed by atoms with E-state index in [-0.39, 0.29) is 18.6 Å². The molecule has 0 aliphatic carbocycles. The minimum Gasteiger partial charge on any atom is -0.466 e. The van der Waals surface area contributed by atoms with Crippen LogP contribution in [-0.2, 0) is 11.8 Å². The number of hydrogen-bond acceptors (Lipinski definition) is 5. The molecule has 1 N–H and O–H groups in total. The predicted molar refractivity (Wildman–Crippen MR) is 114 cm³/mol. The second-order valence-electron chi connectivity index (χ2n) is 7.19. The molecule has 3 heterocycles. The van der Waals surface area contributed by atoms with Crippen molar-refractivity contribution in [2.24, 2.45) is 7.05 Å². The molecule has 0 radical (unpaired) electrons. The van der Waals surface area contributed by atoms with Crippen LogP contribution < -0.4 is 10.1 Å². The van der Waals surface area contributed by atoms with Crippen molar-refractivity contribution in [2.45, 2.75) is 19.9 Å². The highest BCUT2D eigenvalue weighted by Crippen LogP contribution is 2.27. The maximum absolute atomic E-state index is 12.8. The summed E-state index contributed by atoms with van der Waals surface area (Å²) in [6, 6.07) is 15.3. The monoisotopic (exact) mass is 401 g/mol. The van der Waals surface area contributed by atoms with Crippen LogP contribution in [0.3, 0.4) is 0 Å². The Morgan fingerprint density at radius 1 is 1.10 bits per heavy atom. The number of pyridine rings is 2. The summed E-state index contributed by atoms with van der Waals surface area (Å²) < 4.78 is 7.47. The van der Waals surface area contributed by atoms with Gasteiger partial charge in [0.15, 0.2) is 12.3 Å². The Morgan fingerprint density at radius 2 is 1.80 bits per heavy atom. The van der Waals surface area contributed by atoms with E-state index >= 15 is 0 Å². The van der Waals surface area contributed by atoms with Gasteiger partial charge < -0.3 is 10.1 Å². The number of fused-ring (bicyclic) bond motifs is 1. The first-order valence-electron chi connectivity index (χ1n) is 9.71. The molecule has 1 aromatic carbocycles. The number of carbonyl (C=O) groups is 1. The van der Waals surface area contributed by atoms with E-state index in [2.05, 4.69) is 20.4 Å². The van der Waals surface area contributed by atoms with Crippen LogP contribution in [0.25, 0.3) is 11.0 Å². The highest BCUT2D eigenvalue weighted by Gasteiger charge is 2.19. The summed E-state index contributed by atoms with van der Waals surface area (Å²) in [5.41, 5.74) is 4.59. The van der Waals surface area contributed by atoms with E-state index in [4.69, 9.17) is 4.74 Å². The molecule has 30 heavy (non-hydrogen) atoms. The SMILES string of the molecule is Cc1cc(C)c2c(OCC(=O)NC(c3ccccc3)c3ccncc3)nn(C)c2n1. The van der Waals surface area contributed by atoms with Crippen LogP contribution in [0.2, 0.25) is 0 Å². The van der Waals surface area contributed by atoms with Gasteiger partial charge in [0, 0.05) is 25.1 Å². The molecule has 0 fully saturated rings. The maximum Gasteiger partial charge on any atom is 0.258 e. The number of amides is 1. The highest BCUT2D eigenvalue weighted by molar-refractivity contribution is 5.86. The summed E-state index contributed by atoms with van der Waals surface area (Å²) in [5.74, 6) is 0.171. The minimum atomic E-state index is -0.295. The molecule has 4 rings (SSSR count). The topological polar surface area (TPSA) is 81.9 Å². The number of rotatable bonds is 6. The zero-order valence-electron chi connectivity index (χ0n) is 17.2. The van der Waals surface area contributed by atoms with Crippen molar-refractivity contribution in [1.82, 2.24) is 25.1 Å². The van der Waals surface area contributed by atoms with Crippen molar-refractivity contribution in [3.8, 4) is 5.88 Å². The Bertz CT molecular complexity index is 1130. The lowest BCUT2D eigenvalue weighted by atomic mass is 10.00. The third-order valence-corrected chi connectivity index (χ3v) is 4.90. The lowest BCUT2D eigenvalue weighted by molar-refractivity contribution is -0.123. The largest absolute Gasteiger partial charge is 0.466 e. The standard InChI is InChI=1S/C23H23N5O2/c1-15-13-16(2)25-22-20(15)23(27-28(22)3)30-14-19(29)26-21(17-7-5-4-6-8-17)18-9-11-24-12-10-18/h4-13,21H,14H2,1-3H3,(H,26,29). The molecule has 3 aromatic heterocycles. The van der Waals surface area contributed by atoms with E-state index in [0.717, 1.165) is 33.4 Å². The van der Waals surface area contributed by atoms with E-state index in [9.17, 15) is 4.79 Å². The number of aryl methyl sites for hydroxylation is 3. The van der Waals surface area contributed by atoms with Crippen molar-refractivity contribution >= 4 is 16.9 Å². The first-order valence-corrected chi connectivity index (χ1v) is 9.71. The average Bonchev–Trinajstić information content (AvgIpc) is 3.07. The van der Waals surface area contributed by atoms with Crippen LogP contribution in [0.5, 0.6) is 5.88 Å². The average molecular weight is 401 g/mol. The van der Waals surface area contributed by atoms with E-state index in [1.54, 1.807) is 17.1 Å². The number of carbonyl (C=O) groups excluding carboxylic acids is 1. The molecule has 1 atom stereocenters. The second-order valence-corrected chi connectivity index (χ2v) is 7.19. The van der Waals surface area contributed by atoms with Gasteiger partial charge in [-0.3, -0.25) is 9.78 Å². The number of hydrogen-bond donors (Lipinski definition) is 1. The summed E-state index contributed by atoms with van der Waals surface area (Å²) in [7, 11) is 1.82. The van der Waals surface area contributed by atoms with Crippen molar-refractivity contribution in [1.29, 1.82) is 0 Å². The molecular formula is C23H23N5O2. The van der Waals surface area contributed by atoms with Crippen LogP contribution >= 0.6 is 0 Å². The van der Waals surface area contributed by atoms with Gasteiger partial charge in [0.05, 0.1) is 11.4 Å². The van der Waals surface area contributed by atoms with Crippen molar-refractivity contribution in [2.75, 3.05) is 6.61 Å². The number of nitrogens with one attached hydrogen (secondary N) is 1. The van der Waals surface area contributed by atoms with Gasteiger partial charge in [-0.05, 0) is 48.7 Å². The van der Waals surface area contributed by atoms with E-state index in [1.165, 1.54) is 0 Å². The van der Waals surface area contributed by atoms with Crippen LogP contribution in [-0.4, -0.2) is 32.3 Å². The van der Waals surface area contributed by atoms with Crippen LogP contribution in [0.1, 0.15) is 28.4 Å². The van der Waals surface area contributed by atoms with Gasteiger partial charge in [0.25, 0.3) is 5.91 Å². The minimum absolute atomic E-state index is 0.145. The Hall–Kier alpha value is -3.74. The van der Waals surface area contributed by atoms with E-state index < -0.39 is 0 Å². The van der Waals surface area contributed by atoms with Gasteiger partial charge in [-0.25, -0.2) is 9.67 Å². The Kier molecular flexibility index (Phi) is 5.43. The fourth-order valence-electron chi connectivity index (χ4n) is 3.55. The van der Waals surface area contributed by atoms with E-state index in [0.29, 0.717) is 5.88 Å². The van der Waals surface area contributed by atoms with Crippen LogP contribution in [0.15, 0.2) is 60.9 Å². The van der Waals surface area contributed by atoms with Gasteiger partial charge in [0.2, 0.25) is 5.88 Å². The Morgan fingerprint density at radius 3 is 2.53 bits per heavy atom. The number of aromatic nitrogens is 4. The van der Waals surface area contributed by atoms with Gasteiger partial charge in [-0.1, -0.05) is 30.3 Å². The lowest BCUT2D eigenvalue weighted by Gasteiger charge is -2.19. The third kappa shape index (κ3) is 4.00. The fraction of sp³-hybridized carbons (Fsp3) is 0.217. The smallest absolute Gasteiger partial charge is 0.258 e. The molecule has 0 saturated heterocycles. The molecule has 0 bridgehead atoms. The lowest BCUT2D eigenvalue weighted by Crippen LogP contribution is -2.33. The molecule has 7 nitrogen and oxygen atoms in total. The van der Waals surface area contributed by atoms with Crippen LogP contribution in [0, 0.1) is 13.8 Å².